The van der Waals surface area contributed by atoms with Gasteiger partial charge >= 0.3 is 0 Å². The van der Waals surface area contributed by atoms with Gasteiger partial charge in [0.05, 0.1) is 0 Å². The first-order valence-electron chi connectivity index (χ1n) is 5.07. The number of hydrogen-bond donors (Lipinski definition) is 0. The molecule has 1 saturated heterocycles. The Balaban J connectivity index is 1.94. The summed E-state index contributed by atoms with van der Waals surface area (Å²) >= 11 is 5.73. The summed E-state index contributed by atoms with van der Waals surface area (Å²) in [6.07, 6.45) is 3.19. The predicted octanol–water partition coefficient (Wildman–Crippen LogP) is 2.58. The second kappa shape index (κ2) is 4.28. The lowest BCUT2D eigenvalue weighted by Gasteiger charge is -2.14. The lowest BCUT2D eigenvalue weighted by molar-refractivity contribution is 0.320. The third-order valence-electron chi connectivity index (χ3n) is 2.70. The van der Waals surface area contributed by atoms with Gasteiger partial charge in [-0.2, -0.15) is 0 Å². The molecule has 0 bridgehead atoms. The molecule has 2 rings (SSSR count). The van der Waals surface area contributed by atoms with Crippen molar-refractivity contribution in [1.82, 2.24) is 9.88 Å². The van der Waals surface area contributed by atoms with Crippen molar-refractivity contribution in [2.75, 3.05) is 13.1 Å². The van der Waals surface area contributed by atoms with Crippen molar-refractivity contribution in [2.24, 2.45) is 5.92 Å². The molecule has 1 aliphatic heterocycles. The molecule has 1 fully saturated rings. The van der Waals surface area contributed by atoms with Gasteiger partial charge < -0.3 is 0 Å². The molecular weight excluding hydrogens is 196 g/mol. The summed E-state index contributed by atoms with van der Waals surface area (Å²) in [6, 6.07) is 3.91. The van der Waals surface area contributed by atoms with E-state index in [2.05, 4.69) is 22.9 Å². The highest BCUT2D eigenvalue weighted by Gasteiger charge is 2.18. The summed E-state index contributed by atoms with van der Waals surface area (Å²) in [7, 11) is 0. The Labute approximate surface area is 89.9 Å². The van der Waals surface area contributed by atoms with Crippen LogP contribution < -0.4 is 0 Å². The maximum absolute atomic E-state index is 5.73. The Morgan fingerprint density at radius 3 is 3.00 bits per heavy atom. The molecular formula is C11H15ClN2. The third kappa shape index (κ3) is 2.46. The lowest BCUT2D eigenvalue weighted by atomic mass is 10.2. The molecule has 2 nitrogen and oxygen atoms in total. The van der Waals surface area contributed by atoms with Gasteiger partial charge in [-0.3, -0.25) is 4.90 Å². The Hall–Kier alpha value is -0.600. The number of nitrogens with zero attached hydrogens (tertiary/aromatic N) is 2. The molecule has 0 amide bonds. The standard InChI is InChI=1S/C11H15ClN2/c1-9-4-5-14(7-9)8-10-2-3-11(12)13-6-10/h2-3,6,9H,4-5,7-8H2,1H3. The molecule has 3 heteroatoms. The normalized spacial score (nSPS) is 22.9. The highest BCUT2D eigenvalue weighted by molar-refractivity contribution is 6.29. The van der Waals surface area contributed by atoms with Crippen LogP contribution in [0.5, 0.6) is 0 Å². The topological polar surface area (TPSA) is 16.1 Å². The Morgan fingerprint density at radius 2 is 2.43 bits per heavy atom. The molecule has 2 heterocycles. The van der Waals surface area contributed by atoms with Crippen molar-refractivity contribution >= 4 is 11.6 Å². The van der Waals surface area contributed by atoms with Crippen molar-refractivity contribution in [3.8, 4) is 0 Å². The molecule has 1 aromatic rings. The van der Waals surface area contributed by atoms with Gasteiger partial charge in [0, 0.05) is 19.3 Å². The third-order valence-corrected chi connectivity index (χ3v) is 2.93. The van der Waals surface area contributed by atoms with Crippen LogP contribution in [0, 0.1) is 5.92 Å². The lowest BCUT2D eigenvalue weighted by Crippen LogP contribution is -2.19. The average Bonchev–Trinajstić information content (AvgIpc) is 2.56. The van der Waals surface area contributed by atoms with Crippen molar-refractivity contribution in [3.63, 3.8) is 0 Å². The summed E-state index contributed by atoms with van der Waals surface area (Å²) < 4.78 is 0. The van der Waals surface area contributed by atoms with Crippen LogP contribution in [0.4, 0.5) is 0 Å². The first-order chi connectivity index (χ1) is 6.74. The molecule has 0 radical (unpaired) electrons. The first kappa shape index (κ1) is 9.94. The molecule has 76 valence electrons. The summed E-state index contributed by atoms with van der Waals surface area (Å²) in [6.45, 7) is 5.74. The van der Waals surface area contributed by atoms with Crippen molar-refractivity contribution in [3.05, 3.63) is 29.0 Å². The molecule has 1 atom stereocenters. The Morgan fingerprint density at radius 1 is 1.57 bits per heavy atom. The van der Waals surface area contributed by atoms with Gasteiger partial charge in [-0.1, -0.05) is 24.6 Å². The number of hydrogen-bond acceptors (Lipinski definition) is 2. The first-order valence-corrected chi connectivity index (χ1v) is 5.44. The SMILES string of the molecule is CC1CCN(Cc2ccc(Cl)nc2)C1. The van der Waals surface area contributed by atoms with E-state index in [1.54, 1.807) is 0 Å². The van der Waals surface area contributed by atoms with Crippen LogP contribution in [0.25, 0.3) is 0 Å². The van der Waals surface area contributed by atoms with E-state index in [1.807, 2.05) is 12.3 Å². The minimum atomic E-state index is 0.573. The van der Waals surface area contributed by atoms with E-state index in [1.165, 1.54) is 25.1 Å². The van der Waals surface area contributed by atoms with Gasteiger partial charge in [-0.25, -0.2) is 4.98 Å². The van der Waals surface area contributed by atoms with Gasteiger partial charge in [0.2, 0.25) is 0 Å². The Kier molecular flexibility index (Phi) is 3.04. The zero-order chi connectivity index (χ0) is 9.97. The van der Waals surface area contributed by atoms with E-state index in [-0.39, 0.29) is 0 Å². The fourth-order valence-electron chi connectivity index (χ4n) is 1.93. The summed E-state index contributed by atoms with van der Waals surface area (Å²) in [5.41, 5.74) is 1.25. The molecule has 1 aromatic heterocycles. The maximum Gasteiger partial charge on any atom is 0.129 e. The predicted molar refractivity (Wildman–Crippen MR) is 58.3 cm³/mol. The fourth-order valence-corrected chi connectivity index (χ4v) is 2.04. The van der Waals surface area contributed by atoms with E-state index >= 15 is 0 Å². The van der Waals surface area contributed by atoms with Crippen LogP contribution >= 0.6 is 11.6 Å². The molecule has 0 aromatic carbocycles. The zero-order valence-electron chi connectivity index (χ0n) is 8.41. The summed E-state index contributed by atoms with van der Waals surface area (Å²) in [4.78, 5) is 6.55. The van der Waals surface area contributed by atoms with E-state index < -0.39 is 0 Å². The Bertz CT molecular complexity index is 297. The minimum Gasteiger partial charge on any atom is -0.299 e. The van der Waals surface area contributed by atoms with Crippen LogP contribution in [0.2, 0.25) is 5.15 Å². The highest BCUT2D eigenvalue weighted by atomic mass is 35.5. The van der Waals surface area contributed by atoms with Crippen LogP contribution in [0.3, 0.4) is 0 Å². The van der Waals surface area contributed by atoms with Gasteiger partial charge in [0.15, 0.2) is 0 Å². The van der Waals surface area contributed by atoms with Gasteiger partial charge in [0.25, 0.3) is 0 Å². The van der Waals surface area contributed by atoms with E-state index in [9.17, 15) is 0 Å². The zero-order valence-corrected chi connectivity index (χ0v) is 9.17. The monoisotopic (exact) mass is 210 g/mol. The molecule has 0 aliphatic carbocycles. The van der Waals surface area contributed by atoms with Gasteiger partial charge in [-0.05, 0) is 30.5 Å². The van der Waals surface area contributed by atoms with Crippen LogP contribution in [0.15, 0.2) is 18.3 Å². The second-order valence-electron chi connectivity index (χ2n) is 4.12. The van der Waals surface area contributed by atoms with Gasteiger partial charge in [-0.15, -0.1) is 0 Å². The molecule has 0 spiro atoms. The maximum atomic E-state index is 5.73. The van der Waals surface area contributed by atoms with E-state index in [0.29, 0.717) is 5.15 Å². The molecule has 1 unspecified atom stereocenters. The average molecular weight is 211 g/mol. The summed E-state index contributed by atoms with van der Waals surface area (Å²) in [5, 5.41) is 0.573. The van der Waals surface area contributed by atoms with Crippen LogP contribution in [-0.4, -0.2) is 23.0 Å². The minimum absolute atomic E-state index is 0.573. The number of likely N-dealkylation sites (tertiary alicyclic amines) is 1. The number of rotatable bonds is 2. The number of halogens is 1. The van der Waals surface area contributed by atoms with Crippen molar-refractivity contribution < 1.29 is 0 Å². The highest BCUT2D eigenvalue weighted by Crippen LogP contribution is 2.17. The number of pyridine rings is 1. The molecule has 14 heavy (non-hydrogen) atoms. The number of aromatic nitrogens is 1. The molecule has 0 N–H and O–H groups in total. The van der Waals surface area contributed by atoms with Gasteiger partial charge in [0.1, 0.15) is 5.15 Å². The fraction of sp³-hybridized carbons (Fsp3) is 0.545. The largest absolute Gasteiger partial charge is 0.299 e. The van der Waals surface area contributed by atoms with Crippen molar-refractivity contribution in [1.29, 1.82) is 0 Å². The second-order valence-corrected chi connectivity index (χ2v) is 4.51. The molecule has 1 aliphatic rings. The van der Waals surface area contributed by atoms with Crippen LogP contribution in [0.1, 0.15) is 18.9 Å². The summed E-state index contributed by atoms with van der Waals surface area (Å²) in [5.74, 6) is 0.843. The van der Waals surface area contributed by atoms with E-state index in [0.717, 1.165) is 12.5 Å². The van der Waals surface area contributed by atoms with E-state index in [4.69, 9.17) is 11.6 Å². The van der Waals surface area contributed by atoms with Crippen LogP contribution in [-0.2, 0) is 6.54 Å². The quantitative estimate of drug-likeness (QED) is 0.698. The van der Waals surface area contributed by atoms with Crippen molar-refractivity contribution in [2.45, 2.75) is 19.9 Å². The smallest absolute Gasteiger partial charge is 0.129 e. The molecule has 0 saturated carbocycles.